The molecule has 1 unspecified atom stereocenters. The molecule has 0 aliphatic rings. The van der Waals surface area contributed by atoms with Gasteiger partial charge in [-0.3, -0.25) is 0 Å². The third-order valence-corrected chi connectivity index (χ3v) is 4.27. The van der Waals surface area contributed by atoms with Crippen molar-refractivity contribution in [3.63, 3.8) is 0 Å². The fourth-order valence-electron chi connectivity index (χ4n) is 1.60. The lowest BCUT2D eigenvalue weighted by Gasteiger charge is -2.23. The smallest absolute Gasteiger partial charge is 0.0972 e. The third kappa shape index (κ3) is 5.15. The van der Waals surface area contributed by atoms with Crippen molar-refractivity contribution in [1.29, 1.82) is 0 Å². The molecule has 0 spiro atoms. The average Bonchev–Trinajstić information content (AvgIpc) is 2.29. The van der Waals surface area contributed by atoms with E-state index >= 15 is 0 Å². The molecule has 0 fully saturated rings. The van der Waals surface area contributed by atoms with E-state index in [0.29, 0.717) is 0 Å². The van der Waals surface area contributed by atoms with Crippen LogP contribution in [0, 0.1) is 0 Å². The number of benzene rings is 1. The number of rotatable bonds is 6. The lowest BCUT2D eigenvalue weighted by Crippen LogP contribution is -2.40. The molecule has 0 aliphatic carbocycles. The summed E-state index contributed by atoms with van der Waals surface area (Å²) in [6.45, 7) is 9.70. The van der Waals surface area contributed by atoms with Gasteiger partial charge in [-0.15, -0.1) is 6.58 Å². The van der Waals surface area contributed by atoms with E-state index in [1.54, 1.807) is 0 Å². The molecule has 0 bridgehead atoms. The standard InChI is InChI=1S/C15H23NOS/c1-5-9-14(16-18(17)15(2,3)4)12-13-10-7-6-8-11-13/h5-8,10-11,14,16H,1,9,12H2,2-4H3/t14-,18?/m0/s1. The maximum absolute atomic E-state index is 12.1. The van der Waals surface area contributed by atoms with Crippen LogP contribution in [0.5, 0.6) is 0 Å². The summed E-state index contributed by atoms with van der Waals surface area (Å²) in [5.41, 5.74) is 1.25. The third-order valence-electron chi connectivity index (χ3n) is 2.61. The summed E-state index contributed by atoms with van der Waals surface area (Å²) >= 11 is 0. The van der Waals surface area contributed by atoms with Gasteiger partial charge in [0, 0.05) is 6.04 Å². The van der Waals surface area contributed by atoms with Crippen molar-refractivity contribution < 1.29 is 4.21 Å². The molecular weight excluding hydrogens is 242 g/mol. The first-order valence-electron chi connectivity index (χ1n) is 6.26. The molecule has 0 saturated heterocycles. The Bertz CT molecular complexity index is 395. The molecule has 2 nitrogen and oxygen atoms in total. The minimum atomic E-state index is -1.04. The predicted molar refractivity (Wildman–Crippen MR) is 79.8 cm³/mol. The Labute approximate surface area is 113 Å². The van der Waals surface area contributed by atoms with Gasteiger partial charge >= 0.3 is 0 Å². The van der Waals surface area contributed by atoms with E-state index in [4.69, 9.17) is 0 Å². The Kier molecular flexibility index (Phi) is 5.76. The second kappa shape index (κ2) is 6.86. The average molecular weight is 265 g/mol. The van der Waals surface area contributed by atoms with E-state index in [0.717, 1.165) is 12.8 Å². The summed E-state index contributed by atoms with van der Waals surface area (Å²) in [5.74, 6) is 0. The zero-order valence-corrected chi connectivity index (χ0v) is 12.3. The van der Waals surface area contributed by atoms with Gasteiger partial charge in [-0.2, -0.15) is 0 Å². The molecule has 0 heterocycles. The predicted octanol–water partition coefficient (Wildman–Crippen LogP) is 3.23. The van der Waals surface area contributed by atoms with Gasteiger partial charge < -0.3 is 0 Å². The van der Waals surface area contributed by atoms with Gasteiger partial charge in [0.05, 0.1) is 15.7 Å². The van der Waals surface area contributed by atoms with E-state index in [2.05, 4.69) is 23.4 Å². The van der Waals surface area contributed by atoms with E-state index in [9.17, 15) is 4.21 Å². The van der Waals surface area contributed by atoms with Crippen LogP contribution in [-0.4, -0.2) is 15.0 Å². The molecule has 100 valence electrons. The van der Waals surface area contributed by atoms with Crippen LogP contribution in [0.25, 0.3) is 0 Å². The monoisotopic (exact) mass is 265 g/mol. The maximum atomic E-state index is 12.1. The van der Waals surface area contributed by atoms with Crippen LogP contribution in [0.2, 0.25) is 0 Å². The molecule has 1 aromatic carbocycles. The van der Waals surface area contributed by atoms with Gasteiger partial charge in [-0.1, -0.05) is 36.4 Å². The van der Waals surface area contributed by atoms with E-state index in [1.807, 2.05) is 45.0 Å². The summed E-state index contributed by atoms with van der Waals surface area (Å²) in [7, 11) is -1.04. The quantitative estimate of drug-likeness (QED) is 0.786. The van der Waals surface area contributed by atoms with Gasteiger partial charge in [0.1, 0.15) is 0 Å². The second-order valence-corrected chi connectivity index (χ2v) is 7.41. The van der Waals surface area contributed by atoms with Crippen molar-refractivity contribution in [2.24, 2.45) is 0 Å². The molecule has 0 radical (unpaired) electrons. The molecule has 3 heteroatoms. The first kappa shape index (κ1) is 15.1. The van der Waals surface area contributed by atoms with Crippen molar-refractivity contribution in [2.75, 3.05) is 0 Å². The van der Waals surface area contributed by atoms with Crippen molar-refractivity contribution in [2.45, 2.75) is 44.4 Å². The molecular formula is C15H23NOS. The zero-order valence-electron chi connectivity index (χ0n) is 11.5. The highest BCUT2D eigenvalue weighted by atomic mass is 32.2. The lowest BCUT2D eigenvalue weighted by molar-refractivity contribution is 0.583. The van der Waals surface area contributed by atoms with Gasteiger partial charge in [-0.25, -0.2) is 8.93 Å². The zero-order chi connectivity index (χ0) is 13.6. The molecule has 0 amide bonds. The summed E-state index contributed by atoms with van der Waals surface area (Å²) in [5, 5.41) is 0. The SMILES string of the molecule is C=CC[C@@H](Cc1ccccc1)NS(=O)C(C)(C)C. The highest BCUT2D eigenvalue weighted by molar-refractivity contribution is 7.84. The fourth-order valence-corrected chi connectivity index (χ4v) is 2.44. The van der Waals surface area contributed by atoms with Crippen LogP contribution >= 0.6 is 0 Å². The van der Waals surface area contributed by atoms with E-state index in [1.165, 1.54) is 5.56 Å². The fraction of sp³-hybridized carbons (Fsp3) is 0.467. The number of hydrogen-bond donors (Lipinski definition) is 1. The van der Waals surface area contributed by atoms with Crippen molar-refractivity contribution in [1.82, 2.24) is 4.72 Å². The molecule has 1 rings (SSSR count). The molecule has 0 aliphatic heterocycles. The van der Waals surface area contributed by atoms with Gasteiger partial charge in [0.25, 0.3) is 0 Å². The summed E-state index contributed by atoms with van der Waals surface area (Å²) in [4.78, 5) is 0. The summed E-state index contributed by atoms with van der Waals surface area (Å²) in [6, 6.07) is 10.4. The normalized spacial score (nSPS) is 15.1. The van der Waals surface area contributed by atoms with Crippen LogP contribution in [0.15, 0.2) is 43.0 Å². The first-order chi connectivity index (χ1) is 8.43. The Balaban J connectivity index is 2.66. The highest BCUT2D eigenvalue weighted by Gasteiger charge is 2.22. The molecule has 0 saturated carbocycles. The molecule has 2 atom stereocenters. The van der Waals surface area contributed by atoms with Gasteiger partial charge in [0.2, 0.25) is 0 Å². The van der Waals surface area contributed by atoms with Crippen LogP contribution in [0.1, 0.15) is 32.8 Å². The number of hydrogen-bond acceptors (Lipinski definition) is 1. The lowest BCUT2D eigenvalue weighted by atomic mass is 10.0. The molecule has 1 aromatic rings. The highest BCUT2D eigenvalue weighted by Crippen LogP contribution is 2.12. The van der Waals surface area contributed by atoms with E-state index < -0.39 is 11.0 Å². The summed E-state index contributed by atoms with van der Waals surface area (Å²) < 4.78 is 15.1. The number of nitrogens with one attached hydrogen (secondary N) is 1. The minimum absolute atomic E-state index is 0.171. The Morgan fingerprint density at radius 2 is 1.94 bits per heavy atom. The van der Waals surface area contributed by atoms with Crippen molar-refractivity contribution in [3.05, 3.63) is 48.6 Å². The van der Waals surface area contributed by atoms with E-state index in [-0.39, 0.29) is 10.8 Å². The Morgan fingerprint density at radius 3 is 2.44 bits per heavy atom. The van der Waals surface area contributed by atoms with Crippen LogP contribution in [0.3, 0.4) is 0 Å². The Hall–Kier alpha value is -0.930. The van der Waals surface area contributed by atoms with Crippen molar-refractivity contribution in [3.8, 4) is 0 Å². The van der Waals surface area contributed by atoms with Crippen LogP contribution in [0.4, 0.5) is 0 Å². The first-order valence-corrected chi connectivity index (χ1v) is 7.41. The minimum Gasteiger partial charge on any atom is -0.242 e. The summed E-state index contributed by atoms with van der Waals surface area (Å²) in [6.07, 6.45) is 3.56. The van der Waals surface area contributed by atoms with Gasteiger partial charge in [-0.05, 0) is 39.2 Å². The van der Waals surface area contributed by atoms with Crippen molar-refractivity contribution >= 4 is 11.0 Å². The molecule has 0 aromatic heterocycles. The van der Waals surface area contributed by atoms with Crippen LogP contribution < -0.4 is 4.72 Å². The topological polar surface area (TPSA) is 29.1 Å². The van der Waals surface area contributed by atoms with Gasteiger partial charge in [0.15, 0.2) is 0 Å². The molecule has 18 heavy (non-hydrogen) atoms. The molecule has 1 N–H and O–H groups in total. The maximum Gasteiger partial charge on any atom is 0.0972 e. The Morgan fingerprint density at radius 1 is 1.33 bits per heavy atom. The second-order valence-electron chi connectivity index (χ2n) is 5.41. The van der Waals surface area contributed by atoms with Crippen LogP contribution in [-0.2, 0) is 17.4 Å². The largest absolute Gasteiger partial charge is 0.242 e.